The van der Waals surface area contributed by atoms with E-state index >= 15 is 0 Å². The molecule has 4 heteroatoms. The largest absolute Gasteiger partial charge is 0.382 e. The lowest BCUT2D eigenvalue weighted by Crippen LogP contribution is -2.51. The molecule has 45 heavy (non-hydrogen) atoms. The summed E-state index contributed by atoms with van der Waals surface area (Å²) in [4.78, 5) is 2.74. The first-order valence-corrected chi connectivity index (χ1v) is 17.0. The molecule has 1 aliphatic carbocycles. The minimum absolute atomic E-state index is 0.0188. The zero-order valence-electron chi connectivity index (χ0n) is 27.7. The van der Waals surface area contributed by atoms with Gasteiger partial charge in [0.15, 0.2) is 7.28 Å². The Morgan fingerprint density at radius 3 is 1.96 bits per heavy atom. The molecule has 0 aromatic heterocycles. The van der Waals surface area contributed by atoms with Crippen molar-refractivity contribution in [2.24, 2.45) is 5.92 Å². The van der Waals surface area contributed by atoms with Crippen LogP contribution in [0.5, 0.6) is 0 Å². The Morgan fingerprint density at radius 2 is 1.33 bits per heavy atom. The Kier molecular flexibility index (Phi) is 16.6. The standard InChI is InChI=1S/C41H56BN2O/c1-7-13-23-33(22-10-4)43-34-24-19-17-16-18-20-26-35(27-21-25-34)44-30-31-45-40(32-44)41-36(28-14-8-2)38(11-5)42-39(12-6)37(41)29-15-9-3/h7-15,22-23,28-29,34-35,40-41,43H,1-6,16-21,24-27,30-32H2/b23-13-,28-14-,29-15-,33-22+. The fourth-order valence-electron chi connectivity index (χ4n) is 6.97. The predicted octanol–water partition coefficient (Wildman–Crippen LogP) is 9.44. The Hall–Kier alpha value is -3.34. The molecular weight excluding hydrogens is 547 g/mol. The van der Waals surface area contributed by atoms with Gasteiger partial charge in [0.25, 0.3) is 0 Å². The second-order valence-electron chi connectivity index (χ2n) is 12.2. The van der Waals surface area contributed by atoms with Gasteiger partial charge in [0.2, 0.25) is 0 Å². The lowest BCUT2D eigenvalue weighted by molar-refractivity contribution is -0.0591. The fourth-order valence-corrected chi connectivity index (χ4v) is 6.97. The molecule has 0 bridgehead atoms. The first kappa shape index (κ1) is 36.1. The first-order chi connectivity index (χ1) is 22.1. The molecule has 1 radical (unpaired) electrons. The summed E-state index contributed by atoms with van der Waals surface area (Å²) in [5, 5.41) is 3.82. The van der Waals surface area contributed by atoms with Crippen molar-refractivity contribution in [2.45, 2.75) is 82.4 Å². The minimum atomic E-state index is 0.0188. The normalized spacial score (nSPS) is 25.4. The van der Waals surface area contributed by atoms with Gasteiger partial charge in [0.1, 0.15) is 0 Å². The van der Waals surface area contributed by atoms with Crippen molar-refractivity contribution in [3.8, 4) is 0 Å². The zero-order valence-corrected chi connectivity index (χ0v) is 27.7. The quantitative estimate of drug-likeness (QED) is 0.168. The van der Waals surface area contributed by atoms with Crippen molar-refractivity contribution >= 4 is 7.28 Å². The lowest BCUT2D eigenvalue weighted by Gasteiger charge is -2.43. The molecule has 3 rings (SSSR count). The fraction of sp³-hybridized carbons (Fsp3) is 0.415. The van der Waals surface area contributed by atoms with Crippen LogP contribution in [-0.2, 0) is 4.74 Å². The van der Waals surface area contributed by atoms with Gasteiger partial charge >= 0.3 is 0 Å². The van der Waals surface area contributed by atoms with E-state index in [-0.39, 0.29) is 12.0 Å². The van der Waals surface area contributed by atoms with Crippen molar-refractivity contribution < 1.29 is 4.74 Å². The van der Waals surface area contributed by atoms with Gasteiger partial charge in [0, 0.05) is 36.8 Å². The van der Waals surface area contributed by atoms with Crippen molar-refractivity contribution in [1.29, 1.82) is 0 Å². The van der Waals surface area contributed by atoms with E-state index in [0.717, 1.165) is 36.3 Å². The Morgan fingerprint density at radius 1 is 0.733 bits per heavy atom. The second kappa shape index (κ2) is 20.6. The maximum Gasteiger partial charge on any atom is 0.192 e. The average molecular weight is 604 g/mol. The molecule has 0 amide bonds. The van der Waals surface area contributed by atoms with Crippen LogP contribution >= 0.6 is 0 Å². The van der Waals surface area contributed by atoms with Gasteiger partial charge in [-0.3, -0.25) is 4.90 Å². The van der Waals surface area contributed by atoms with E-state index in [2.05, 4.69) is 81.3 Å². The summed E-state index contributed by atoms with van der Waals surface area (Å²) in [5.74, 6) is 0.0599. The maximum atomic E-state index is 6.65. The summed E-state index contributed by atoms with van der Waals surface area (Å²) in [7, 11) is 2.18. The van der Waals surface area contributed by atoms with Gasteiger partial charge < -0.3 is 10.1 Å². The Balaban J connectivity index is 1.84. The lowest BCUT2D eigenvalue weighted by atomic mass is 9.53. The van der Waals surface area contributed by atoms with E-state index in [1.165, 1.54) is 75.4 Å². The SMILES string of the molecule is C=C/C=C\C1=C(C=C)[B]C(C=C)=C(/C=C\C=C)C1C1CN(C2CCCCCCCC(NC(/C=C\C=C)=C/C=C)CCC2)CCO1. The van der Waals surface area contributed by atoms with E-state index in [1.807, 2.05) is 54.7 Å². The highest BCUT2D eigenvalue weighted by Crippen LogP contribution is 2.39. The van der Waals surface area contributed by atoms with Crippen LogP contribution in [0.4, 0.5) is 0 Å². The molecule has 0 aromatic rings. The van der Waals surface area contributed by atoms with Crippen LogP contribution in [0.3, 0.4) is 0 Å². The van der Waals surface area contributed by atoms with Crippen molar-refractivity contribution in [2.75, 3.05) is 19.7 Å². The molecule has 3 aliphatic rings. The highest BCUT2D eigenvalue weighted by molar-refractivity contribution is 6.57. The van der Waals surface area contributed by atoms with Crippen LogP contribution in [0.1, 0.15) is 64.2 Å². The van der Waals surface area contributed by atoms with Gasteiger partial charge in [-0.25, -0.2) is 0 Å². The summed E-state index contributed by atoms with van der Waals surface area (Å²) in [5.41, 5.74) is 5.77. The van der Waals surface area contributed by atoms with Crippen LogP contribution in [0.2, 0.25) is 0 Å². The van der Waals surface area contributed by atoms with E-state index in [0.29, 0.717) is 12.1 Å². The number of ether oxygens (including phenoxy) is 1. The van der Waals surface area contributed by atoms with Gasteiger partial charge in [-0.2, -0.15) is 0 Å². The van der Waals surface area contributed by atoms with E-state index in [4.69, 9.17) is 4.74 Å². The van der Waals surface area contributed by atoms with E-state index in [9.17, 15) is 0 Å². The van der Waals surface area contributed by atoms with Crippen molar-refractivity contribution in [3.63, 3.8) is 0 Å². The summed E-state index contributed by atoms with van der Waals surface area (Å²) in [6.07, 6.45) is 38.4. The van der Waals surface area contributed by atoms with E-state index < -0.39 is 0 Å². The molecule has 0 spiro atoms. The number of nitrogens with one attached hydrogen (secondary N) is 1. The summed E-state index contributed by atoms with van der Waals surface area (Å²) in [6.45, 7) is 26.5. The molecule has 2 fully saturated rings. The topological polar surface area (TPSA) is 24.5 Å². The maximum absolute atomic E-state index is 6.65. The molecule has 3 unspecified atom stereocenters. The number of morpholine rings is 1. The molecule has 2 heterocycles. The monoisotopic (exact) mass is 603 g/mol. The highest BCUT2D eigenvalue weighted by atomic mass is 16.5. The minimum Gasteiger partial charge on any atom is -0.382 e. The average Bonchev–Trinajstić information content (AvgIpc) is 3.06. The third kappa shape index (κ3) is 11.2. The molecular formula is C41H56BN2O. The van der Waals surface area contributed by atoms with Crippen LogP contribution < -0.4 is 5.32 Å². The summed E-state index contributed by atoms with van der Waals surface area (Å²) in [6, 6.07) is 1.02. The van der Waals surface area contributed by atoms with Gasteiger partial charge in [-0.05, 0) is 55.4 Å². The third-order valence-corrected chi connectivity index (χ3v) is 9.18. The van der Waals surface area contributed by atoms with Crippen LogP contribution in [0.25, 0.3) is 0 Å². The van der Waals surface area contributed by atoms with Crippen molar-refractivity contribution in [1.82, 2.24) is 10.2 Å². The smallest absolute Gasteiger partial charge is 0.192 e. The van der Waals surface area contributed by atoms with Crippen molar-refractivity contribution in [3.05, 3.63) is 146 Å². The van der Waals surface area contributed by atoms with E-state index in [1.54, 1.807) is 0 Å². The Bertz CT molecular complexity index is 1170. The molecule has 3 nitrogen and oxygen atoms in total. The number of rotatable bonds is 13. The zero-order chi connectivity index (χ0) is 32.3. The number of allylic oxidation sites excluding steroid dienone is 15. The molecule has 3 atom stereocenters. The van der Waals surface area contributed by atoms with Crippen LogP contribution in [0, 0.1) is 5.92 Å². The van der Waals surface area contributed by atoms with Crippen LogP contribution in [-0.4, -0.2) is 50.1 Å². The molecule has 239 valence electrons. The number of nitrogens with zero attached hydrogens (tertiary/aromatic N) is 1. The first-order valence-electron chi connectivity index (χ1n) is 17.0. The molecule has 0 aromatic carbocycles. The van der Waals surface area contributed by atoms with Gasteiger partial charge in [-0.1, -0.05) is 149 Å². The van der Waals surface area contributed by atoms with Gasteiger partial charge in [-0.15, -0.1) is 0 Å². The molecule has 2 aliphatic heterocycles. The van der Waals surface area contributed by atoms with Gasteiger partial charge in [0.05, 0.1) is 12.7 Å². The highest BCUT2D eigenvalue weighted by Gasteiger charge is 2.37. The summed E-state index contributed by atoms with van der Waals surface area (Å²) >= 11 is 0. The third-order valence-electron chi connectivity index (χ3n) is 9.18. The number of hydrogen-bond donors (Lipinski definition) is 1. The molecule has 1 saturated carbocycles. The van der Waals surface area contributed by atoms with Crippen LogP contribution in [0.15, 0.2) is 146 Å². The number of hydrogen-bond acceptors (Lipinski definition) is 3. The summed E-state index contributed by atoms with van der Waals surface area (Å²) < 4.78 is 6.65. The molecule has 1 saturated heterocycles. The Labute approximate surface area is 275 Å². The predicted molar refractivity (Wildman–Crippen MR) is 198 cm³/mol. The second-order valence-corrected chi connectivity index (χ2v) is 12.2. The molecule has 1 N–H and O–H groups in total.